The van der Waals surface area contributed by atoms with Gasteiger partial charge in [0.2, 0.25) is 5.91 Å². The number of hydrogen-bond acceptors (Lipinski definition) is 2. The van der Waals surface area contributed by atoms with E-state index in [0.29, 0.717) is 25.3 Å². The summed E-state index contributed by atoms with van der Waals surface area (Å²) in [6, 6.07) is 0. The van der Waals surface area contributed by atoms with Crippen molar-refractivity contribution in [1.29, 1.82) is 0 Å². The maximum Gasteiger partial charge on any atom is 0.319 e. The molecule has 0 aliphatic heterocycles. The average molecular weight is 253 g/mol. The highest BCUT2D eigenvalue weighted by Crippen LogP contribution is 2.43. The molecular formula is C14H23NO3. The van der Waals surface area contributed by atoms with Crippen LogP contribution < -0.4 is 5.32 Å². The lowest BCUT2D eigenvalue weighted by Crippen LogP contribution is -2.53. The molecule has 102 valence electrons. The fraction of sp³-hybridized carbons (Fsp3) is 0.857. The van der Waals surface area contributed by atoms with Crippen LogP contribution in [-0.2, 0) is 9.59 Å². The molecule has 2 aliphatic carbocycles. The minimum Gasteiger partial charge on any atom is -0.480 e. The van der Waals surface area contributed by atoms with Gasteiger partial charge in [0.15, 0.2) is 0 Å². The number of amides is 1. The second-order valence-electron chi connectivity index (χ2n) is 6.54. The maximum atomic E-state index is 12.1. The fourth-order valence-corrected chi connectivity index (χ4v) is 2.88. The van der Waals surface area contributed by atoms with Gasteiger partial charge in [-0.05, 0) is 37.0 Å². The molecule has 0 aromatic rings. The number of carbonyl (C=O) groups excluding carboxylic acids is 1. The number of nitrogens with one attached hydrogen (secondary N) is 1. The Balaban J connectivity index is 1.89. The van der Waals surface area contributed by atoms with Crippen LogP contribution in [0.25, 0.3) is 0 Å². The SMILES string of the molecule is CC(C)(CNC(=O)C1(C(=O)O)CCC1)C1CCC1. The summed E-state index contributed by atoms with van der Waals surface area (Å²) < 4.78 is 0. The van der Waals surface area contributed by atoms with Crippen molar-refractivity contribution >= 4 is 11.9 Å². The molecule has 2 rings (SSSR count). The zero-order chi connectivity index (χ0) is 13.4. The van der Waals surface area contributed by atoms with Gasteiger partial charge in [-0.1, -0.05) is 26.7 Å². The van der Waals surface area contributed by atoms with E-state index in [1.54, 1.807) is 0 Å². The molecule has 0 heterocycles. The molecule has 0 aromatic heterocycles. The standard InChI is InChI=1S/C14H23NO3/c1-13(2,10-5-3-6-10)9-15-11(16)14(12(17)18)7-4-8-14/h10H,3-9H2,1-2H3,(H,15,16)(H,17,18). The lowest BCUT2D eigenvalue weighted by atomic mass is 9.66. The summed E-state index contributed by atoms with van der Waals surface area (Å²) in [7, 11) is 0. The molecule has 0 aromatic carbocycles. The van der Waals surface area contributed by atoms with Crippen molar-refractivity contribution in [2.75, 3.05) is 6.54 Å². The molecule has 2 saturated carbocycles. The minimum absolute atomic E-state index is 0.0807. The molecule has 0 radical (unpaired) electrons. The number of carboxylic acids is 1. The second-order valence-corrected chi connectivity index (χ2v) is 6.54. The van der Waals surface area contributed by atoms with Crippen molar-refractivity contribution in [3.05, 3.63) is 0 Å². The summed E-state index contributed by atoms with van der Waals surface area (Å²) in [5.74, 6) is -0.582. The quantitative estimate of drug-likeness (QED) is 0.738. The molecule has 0 saturated heterocycles. The Morgan fingerprint density at radius 1 is 1.28 bits per heavy atom. The predicted octanol–water partition coefficient (Wildman–Crippen LogP) is 2.18. The number of rotatable bonds is 5. The highest BCUT2D eigenvalue weighted by Gasteiger charge is 2.51. The molecule has 0 atom stereocenters. The Kier molecular flexibility index (Phi) is 3.39. The van der Waals surface area contributed by atoms with E-state index in [-0.39, 0.29) is 11.3 Å². The normalized spacial score (nSPS) is 22.8. The third kappa shape index (κ3) is 2.13. The molecule has 4 heteroatoms. The first kappa shape index (κ1) is 13.4. The zero-order valence-corrected chi connectivity index (χ0v) is 11.3. The van der Waals surface area contributed by atoms with Crippen LogP contribution in [-0.4, -0.2) is 23.5 Å². The highest BCUT2D eigenvalue weighted by atomic mass is 16.4. The van der Waals surface area contributed by atoms with Crippen LogP contribution >= 0.6 is 0 Å². The van der Waals surface area contributed by atoms with Gasteiger partial charge in [-0.25, -0.2) is 0 Å². The van der Waals surface area contributed by atoms with Crippen LogP contribution in [0.3, 0.4) is 0 Å². The summed E-state index contributed by atoms with van der Waals surface area (Å²) in [4.78, 5) is 23.3. The second kappa shape index (κ2) is 4.56. The van der Waals surface area contributed by atoms with Crippen LogP contribution in [0.4, 0.5) is 0 Å². The lowest BCUT2D eigenvalue weighted by Gasteiger charge is -2.42. The Labute approximate surface area is 108 Å². The molecule has 0 bridgehead atoms. The smallest absolute Gasteiger partial charge is 0.319 e. The van der Waals surface area contributed by atoms with Gasteiger partial charge in [0, 0.05) is 6.54 Å². The zero-order valence-electron chi connectivity index (χ0n) is 11.3. The summed E-state index contributed by atoms with van der Waals surface area (Å²) in [6.07, 6.45) is 5.54. The van der Waals surface area contributed by atoms with Crippen LogP contribution in [0.1, 0.15) is 52.4 Å². The first-order valence-electron chi connectivity index (χ1n) is 6.90. The first-order valence-corrected chi connectivity index (χ1v) is 6.90. The van der Waals surface area contributed by atoms with Crippen molar-refractivity contribution in [1.82, 2.24) is 5.32 Å². The first-order chi connectivity index (χ1) is 8.38. The number of aliphatic carboxylic acids is 1. The highest BCUT2D eigenvalue weighted by molar-refractivity contribution is 6.02. The largest absolute Gasteiger partial charge is 0.480 e. The van der Waals surface area contributed by atoms with Gasteiger partial charge in [0.25, 0.3) is 0 Å². The van der Waals surface area contributed by atoms with Gasteiger partial charge in [-0.3, -0.25) is 9.59 Å². The van der Waals surface area contributed by atoms with Crippen LogP contribution in [0, 0.1) is 16.7 Å². The van der Waals surface area contributed by atoms with Crippen molar-refractivity contribution < 1.29 is 14.7 Å². The molecule has 2 aliphatic rings. The monoisotopic (exact) mass is 253 g/mol. The molecule has 0 spiro atoms. The minimum atomic E-state index is -1.13. The Morgan fingerprint density at radius 3 is 2.22 bits per heavy atom. The third-order valence-corrected chi connectivity index (χ3v) is 4.97. The van der Waals surface area contributed by atoms with Gasteiger partial charge < -0.3 is 10.4 Å². The van der Waals surface area contributed by atoms with Crippen molar-refractivity contribution in [2.24, 2.45) is 16.7 Å². The van der Waals surface area contributed by atoms with Crippen LogP contribution in [0.15, 0.2) is 0 Å². The maximum absolute atomic E-state index is 12.1. The van der Waals surface area contributed by atoms with E-state index < -0.39 is 11.4 Å². The Bertz CT molecular complexity index is 354. The average Bonchev–Trinajstić information content (AvgIpc) is 2.08. The fourth-order valence-electron chi connectivity index (χ4n) is 2.88. The molecule has 2 N–H and O–H groups in total. The van der Waals surface area contributed by atoms with E-state index in [4.69, 9.17) is 0 Å². The van der Waals surface area contributed by atoms with Crippen molar-refractivity contribution in [2.45, 2.75) is 52.4 Å². The summed E-state index contributed by atoms with van der Waals surface area (Å²) in [5.41, 5.74) is -1.05. The van der Waals surface area contributed by atoms with Crippen molar-refractivity contribution in [3.63, 3.8) is 0 Å². The van der Waals surface area contributed by atoms with Crippen molar-refractivity contribution in [3.8, 4) is 0 Å². The molecular weight excluding hydrogens is 230 g/mol. The number of hydrogen-bond donors (Lipinski definition) is 2. The molecule has 0 unspecified atom stereocenters. The van der Waals surface area contributed by atoms with Gasteiger partial charge >= 0.3 is 5.97 Å². The topological polar surface area (TPSA) is 66.4 Å². The Morgan fingerprint density at radius 2 is 1.89 bits per heavy atom. The summed E-state index contributed by atoms with van der Waals surface area (Å²) in [6.45, 7) is 4.90. The number of carbonyl (C=O) groups is 2. The van der Waals surface area contributed by atoms with E-state index in [1.165, 1.54) is 19.3 Å². The van der Waals surface area contributed by atoms with E-state index in [9.17, 15) is 14.7 Å². The summed E-state index contributed by atoms with van der Waals surface area (Å²) >= 11 is 0. The van der Waals surface area contributed by atoms with E-state index >= 15 is 0 Å². The van der Waals surface area contributed by atoms with Gasteiger partial charge in [-0.2, -0.15) is 0 Å². The molecule has 18 heavy (non-hydrogen) atoms. The van der Waals surface area contributed by atoms with Gasteiger partial charge in [0.05, 0.1) is 0 Å². The van der Waals surface area contributed by atoms with Gasteiger partial charge in [-0.15, -0.1) is 0 Å². The molecule has 2 fully saturated rings. The van der Waals surface area contributed by atoms with E-state index in [0.717, 1.165) is 6.42 Å². The predicted molar refractivity (Wildman–Crippen MR) is 68.1 cm³/mol. The van der Waals surface area contributed by atoms with Gasteiger partial charge in [0.1, 0.15) is 5.41 Å². The van der Waals surface area contributed by atoms with Crippen LogP contribution in [0.5, 0.6) is 0 Å². The summed E-state index contributed by atoms with van der Waals surface area (Å²) in [5, 5.41) is 12.1. The van der Waals surface area contributed by atoms with E-state index in [2.05, 4.69) is 19.2 Å². The Hall–Kier alpha value is -1.06. The number of carboxylic acid groups (broad SMARTS) is 1. The van der Waals surface area contributed by atoms with E-state index in [1.807, 2.05) is 0 Å². The molecule has 1 amide bonds. The lowest BCUT2D eigenvalue weighted by molar-refractivity contribution is -0.162. The molecule has 4 nitrogen and oxygen atoms in total. The van der Waals surface area contributed by atoms with Crippen LogP contribution in [0.2, 0.25) is 0 Å². The third-order valence-electron chi connectivity index (χ3n) is 4.97.